The minimum absolute atomic E-state index is 0.0181. The number of rotatable bonds is 5. The Morgan fingerprint density at radius 1 is 1.60 bits per heavy atom. The molecule has 0 fully saturated rings. The van der Waals surface area contributed by atoms with Crippen LogP contribution in [0.2, 0.25) is 0 Å². The van der Waals surface area contributed by atoms with E-state index in [-0.39, 0.29) is 11.9 Å². The van der Waals surface area contributed by atoms with Crippen molar-refractivity contribution >= 4 is 5.91 Å². The largest absolute Gasteiger partial charge is 0.347 e. The summed E-state index contributed by atoms with van der Waals surface area (Å²) in [5.41, 5.74) is 5.86. The first-order valence-corrected chi connectivity index (χ1v) is 5.04. The van der Waals surface area contributed by atoms with Crippen molar-refractivity contribution in [2.45, 2.75) is 25.8 Å². The van der Waals surface area contributed by atoms with Crippen molar-refractivity contribution in [1.29, 1.82) is 0 Å². The summed E-state index contributed by atoms with van der Waals surface area (Å²) in [5.74, 6) is -0.216. The Morgan fingerprint density at radius 3 is 2.93 bits per heavy atom. The third-order valence-electron chi connectivity index (χ3n) is 2.05. The predicted octanol–water partition coefficient (Wildman–Crippen LogP) is 0.334. The summed E-state index contributed by atoms with van der Waals surface area (Å²) >= 11 is 0. The van der Waals surface area contributed by atoms with Gasteiger partial charge >= 0.3 is 0 Å². The van der Waals surface area contributed by atoms with Gasteiger partial charge in [0.15, 0.2) is 0 Å². The van der Waals surface area contributed by atoms with E-state index >= 15 is 0 Å². The summed E-state index contributed by atoms with van der Waals surface area (Å²) in [6.45, 7) is 2.50. The SMILES string of the molecule is CCCC(CN)NC(=O)c1cnccn1. The maximum atomic E-state index is 11.6. The topological polar surface area (TPSA) is 80.9 Å². The lowest BCUT2D eigenvalue weighted by Crippen LogP contribution is -2.40. The minimum Gasteiger partial charge on any atom is -0.347 e. The Balaban J connectivity index is 2.55. The molecule has 0 aliphatic heterocycles. The molecule has 82 valence electrons. The monoisotopic (exact) mass is 208 g/mol. The summed E-state index contributed by atoms with van der Waals surface area (Å²) in [7, 11) is 0. The summed E-state index contributed by atoms with van der Waals surface area (Å²) in [4.78, 5) is 19.4. The average molecular weight is 208 g/mol. The van der Waals surface area contributed by atoms with Crippen LogP contribution in [0.3, 0.4) is 0 Å². The van der Waals surface area contributed by atoms with Crippen molar-refractivity contribution in [3.8, 4) is 0 Å². The van der Waals surface area contributed by atoms with Crippen LogP contribution in [0.1, 0.15) is 30.3 Å². The molecule has 0 spiro atoms. The van der Waals surface area contributed by atoms with Gasteiger partial charge in [-0.25, -0.2) is 4.98 Å². The van der Waals surface area contributed by atoms with Crippen LogP contribution in [-0.4, -0.2) is 28.5 Å². The fraction of sp³-hybridized carbons (Fsp3) is 0.500. The van der Waals surface area contributed by atoms with Gasteiger partial charge < -0.3 is 11.1 Å². The second kappa shape index (κ2) is 6.08. The fourth-order valence-electron chi connectivity index (χ4n) is 1.27. The smallest absolute Gasteiger partial charge is 0.271 e. The van der Waals surface area contributed by atoms with Crippen molar-refractivity contribution < 1.29 is 4.79 Å². The summed E-state index contributed by atoms with van der Waals surface area (Å²) in [5, 5.41) is 2.82. The molecule has 0 aromatic carbocycles. The standard InChI is InChI=1S/C10H16N4O/c1-2-3-8(6-11)14-10(15)9-7-12-4-5-13-9/h4-5,7-8H,2-3,6,11H2,1H3,(H,14,15). The minimum atomic E-state index is -0.216. The molecule has 1 aromatic heterocycles. The number of amides is 1. The number of carbonyl (C=O) groups excluding carboxylic acids is 1. The van der Waals surface area contributed by atoms with Gasteiger partial charge in [-0.15, -0.1) is 0 Å². The number of aromatic nitrogens is 2. The van der Waals surface area contributed by atoms with E-state index in [1.165, 1.54) is 18.6 Å². The quantitative estimate of drug-likeness (QED) is 0.730. The average Bonchev–Trinajstić information content (AvgIpc) is 2.29. The normalized spacial score (nSPS) is 12.1. The predicted molar refractivity (Wildman–Crippen MR) is 57.2 cm³/mol. The first-order chi connectivity index (χ1) is 7.27. The highest BCUT2D eigenvalue weighted by atomic mass is 16.1. The Hall–Kier alpha value is -1.49. The highest BCUT2D eigenvalue weighted by molar-refractivity contribution is 5.92. The number of carbonyl (C=O) groups is 1. The van der Waals surface area contributed by atoms with Crippen LogP contribution in [-0.2, 0) is 0 Å². The van der Waals surface area contributed by atoms with E-state index in [4.69, 9.17) is 5.73 Å². The molecule has 5 nitrogen and oxygen atoms in total. The van der Waals surface area contributed by atoms with Crippen molar-refractivity contribution in [2.24, 2.45) is 5.73 Å². The first-order valence-electron chi connectivity index (χ1n) is 5.04. The lowest BCUT2D eigenvalue weighted by Gasteiger charge is -2.15. The van der Waals surface area contributed by atoms with E-state index in [0.29, 0.717) is 12.2 Å². The van der Waals surface area contributed by atoms with E-state index in [0.717, 1.165) is 12.8 Å². The molecule has 15 heavy (non-hydrogen) atoms. The molecular formula is C10H16N4O. The van der Waals surface area contributed by atoms with Crippen LogP contribution in [0.4, 0.5) is 0 Å². The van der Waals surface area contributed by atoms with Gasteiger partial charge in [-0.05, 0) is 6.42 Å². The molecule has 1 aromatic rings. The molecule has 1 heterocycles. The molecule has 0 aliphatic carbocycles. The molecular weight excluding hydrogens is 192 g/mol. The van der Waals surface area contributed by atoms with Crippen molar-refractivity contribution in [3.05, 3.63) is 24.3 Å². The van der Waals surface area contributed by atoms with Gasteiger partial charge in [0.1, 0.15) is 5.69 Å². The zero-order valence-corrected chi connectivity index (χ0v) is 8.81. The highest BCUT2D eigenvalue weighted by Gasteiger charge is 2.12. The lowest BCUT2D eigenvalue weighted by atomic mass is 10.1. The van der Waals surface area contributed by atoms with Crippen molar-refractivity contribution in [1.82, 2.24) is 15.3 Å². The van der Waals surface area contributed by atoms with E-state index in [1.807, 2.05) is 0 Å². The van der Waals surface area contributed by atoms with Crippen molar-refractivity contribution in [3.63, 3.8) is 0 Å². The Kier molecular flexibility index (Phi) is 4.70. The van der Waals surface area contributed by atoms with Gasteiger partial charge in [-0.3, -0.25) is 9.78 Å². The third kappa shape index (κ3) is 3.63. The zero-order chi connectivity index (χ0) is 11.1. The molecule has 1 unspecified atom stereocenters. The Labute approximate surface area is 89.1 Å². The Morgan fingerprint density at radius 2 is 2.40 bits per heavy atom. The molecule has 3 N–H and O–H groups in total. The van der Waals surface area contributed by atoms with Crippen LogP contribution in [0.5, 0.6) is 0 Å². The number of nitrogens with two attached hydrogens (primary N) is 1. The maximum Gasteiger partial charge on any atom is 0.271 e. The van der Waals surface area contributed by atoms with Gasteiger partial charge in [0.25, 0.3) is 5.91 Å². The molecule has 0 aliphatic rings. The number of hydrogen-bond donors (Lipinski definition) is 2. The first kappa shape index (κ1) is 11.6. The van der Waals surface area contributed by atoms with E-state index in [2.05, 4.69) is 22.2 Å². The molecule has 0 bridgehead atoms. The van der Waals surface area contributed by atoms with Gasteiger partial charge in [-0.2, -0.15) is 0 Å². The summed E-state index contributed by atoms with van der Waals surface area (Å²) < 4.78 is 0. The molecule has 1 rings (SSSR count). The van der Waals surface area contributed by atoms with Crippen LogP contribution in [0.25, 0.3) is 0 Å². The zero-order valence-electron chi connectivity index (χ0n) is 8.81. The van der Waals surface area contributed by atoms with Gasteiger partial charge in [0.2, 0.25) is 0 Å². The summed E-state index contributed by atoms with van der Waals surface area (Å²) in [6.07, 6.45) is 6.33. The van der Waals surface area contributed by atoms with Crippen LogP contribution < -0.4 is 11.1 Å². The van der Waals surface area contributed by atoms with E-state index < -0.39 is 0 Å². The number of nitrogens with zero attached hydrogens (tertiary/aromatic N) is 2. The van der Waals surface area contributed by atoms with Gasteiger partial charge in [0.05, 0.1) is 6.20 Å². The van der Waals surface area contributed by atoms with Gasteiger partial charge in [0, 0.05) is 25.0 Å². The third-order valence-corrected chi connectivity index (χ3v) is 2.05. The molecule has 5 heteroatoms. The maximum absolute atomic E-state index is 11.6. The highest BCUT2D eigenvalue weighted by Crippen LogP contribution is 1.97. The van der Waals surface area contributed by atoms with E-state index in [1.54, 1.807) is 0 Å². The second-order valence-corrected chi connectivity index (χ2v) is 3.29. The molecule has 0 saturated heterocycles. The van der Waals surface area contributed by atoms with Gasteiger partial charge in [-0.1, -0.05) is 13.3 Å². The number of nitrogens with one attached hydrogen (secondary N) is 1. The lowest BCUT2D eigenvalue weighted by molar-refractivity contribution is 0.0930. The summed E-state index contributed by atoms with van der Waals surface area (Å²) in [6, 6.07) is 0.0181. The van der Waals surface area contributed by atoms with E-state index in [9.17, 15) is 4.79 Å². The molecule has 0 radical (unpaired) electrons. The van der Waals surface area contributed by atoms with Crippen LogP contribution in [0.15, 0.2) is 18.6 Å². The number of hydrogen-bond acceptors (Lipinski definition) is 4. The Bertz CT molecular complexity index is 302. The van der Waals surface area contributed by atoms with Crippen LogP contribution in [0, 0.1) is 0 Å². The van der Waals surface area contributed by atoms with Crippen LogP contribution >= 0.6 is 0 Å². The molecule has 0 saturated carbocycles. The molecule has 1 atom stereocenters. The molecule has 1 amide bonds. The van der Waals surface area contributed by atoms with Crippen molar-refractivity contribution in [2.75, 3.05) is 6.54 Å². The fourth-order valence-corrected chi connectivity index (χ4v) is 1.27. The second-order valence-electron chi connectivity index (χ2n) is 3.29.